The molecule has 0 saturated heterocycles. The van der Waals surface area contributed by atoms with Crippen LogP contribution in [0.5, 0.6) is 0 Å². The highest BCUT2D eigenvalue weighted by molar-refractivity contribution is 5.76. The molecule has 0 aliphatic carbocycles. The van der Waals surface area contributed by atoms with E-state index in [1.165, 1.54) is 0 Å². The zero-order valence-corrected chi connectivity index (χ0v) is 6.26. The van der Waals surface area contributed by atoms with Gasteiger partial charge in [0.25, 0.3) is 0 Å². The lowest BCUT2D eigenvalue weighted by Gasteiger charge is -1.80. The van der Waals surface area contributed by atoms with Crippen molar-refractivity contribution in [2.45, 2.75) is 20.0 Å². The number of hydrogen-bond donors (Lipinski definition) is 1. The molecular weight excluding hydrogens is 107 g/mol. The predicted octanol–water partition coefficient (Wildman–Crippen LogP) is -0.374. The van der Waals surface area contributed by atoms with Crippen molar-refractivity contribution in [2.24, 2.45) is 0 Å². The van der Waals surface area contributed by atoms with Gasteiger partial charge in [0.1, 0.15) is 0 Å². The van der Waals surface area contributed by atoms with Crippen LogP contribution in [0.4, 0.5) is 0 Å². The third-order valence-electron chi connectivity index (χ3n) is 0. The lowest BCUT2D eigenvalue weighted by molar-refractivity contribution is 0.216. The molecule has 1 N–H and O–H groups in total. The topological polar surface area (TPSA) is 20.2 Å². The molecule has 0 aromatic carbocycles. The smallest absolute Gasteiger partial charge is 0.0483 e. The SMILES string of the molecule is CC(C)O.[Al].[Si]. The van der Waals surface area contributed by atoms with E-state index in [1.807, 2.05) is 0 Å². The number of rotatable bonds is 0. The minimum absolute atomic E-state index is 0. The van der Waals surface area contributed by atoms with Crippen LogP contribution in [-0.4, -0.2) is 39.5 Å². The normalized spacial score (nSPS) is 6.00. The molecule has 7 radical (unpaired) electrons. The van der Waals surface area contributed by atoms with Gasteiger partial charge in [0.2, 0.25) is 0 Å². The fraction of sp³-hybridized carbons (Fsp3) is 1.00. The van der Waals surface area contributed by atoms with Crippen molar-refractivity contribution in [3.05, 3.63) is 0 Å². The highest BCUT2D eigenvalue weighted by atomic mass is 28.1. The van der Waals surface area contributed by atoms with Gasteiger partial charge in [-0.05, 0) is 13.8 Å². The third kappa shape index (κ3) is 129. The summed E-state index contributed by atoms with van der Waals surface area (Å²) in [6.45, 7) is 3.44. The molecule has 0 rings (SSSR count). The maximum absolute atomic E-state index is 8.06. The highest BCUT2D eigenvalue weighted by Crippen LogP contribution is 1.65. The average Bonchev–Trinajstić information content (AvgIpc) is 0.811. The van der Waals surface area contributed by atoms with Crippen molar-refractivity contribution in [3.63, 3.8) is 0 Å². The van der Waals surface area contributed by atoms with Gasteiger partial charge in [0, 0.05) is 34.4 Å². The maximum Gasteiger partial charge on any atom is 0.0483 e. The largest absolute Gasteiger partial charge is 0.394 e. The monoisotopic (exact) mass is 115 g/mol. The van der Waals surface area contributed by atoms with Gasteiger partial charge in [-0.15, -0.1) is 0 Å². The Balaban J connectivity index is -0.0000000450. The summed E-state index contributed by atoms with van der Waals surface area (Å²) in [4.78, 5) is 0. The molecule has 0 spiro atoms. The Kier molecular flexibility index (Phi) is 24.4. The lowest BCUT2D eigenvalue weighted by Crippen LogP contribution is -1.85. The van der Waals surface area contributed by atoms with Crippen LogP contribution < -0.4 is 0 Å². The van der Waals surface area contributed by atoms with E-state index in [2.05, 4.69) is 0 Å². The van der Waals surface area contributed by atoms with Crippen molar-refractivity contribution in [2.75, 3.05) is 0 Å². The highest BCUT2D eigenvalue weighted by Gasteiger charge is 1.69. The summed E-state index contributed by atoms with van der Waals surface area (Å²) in [7, 11) is 0. The Hall–Kier alpha value is 0.709. The van der Waals surface area contributed by atoms with Crippen LogP contribution in [0.2, 0.25) is 0 Å². The van der Waals surface area contributed by atoms with Gasteiger partial charge in [0.05, 0.1) is 0 Å². The fourth-order valence-electron chi connectivity index (χ4n) is 0. The molecule has 33 valence electrons. The van der Waals surface area contributed by atoms with Crippen LogP contribution in [0.15, 0.2) is 0 Å². The fourth-order valence-corrected chi connectivity index (χ4v) is 0. The number of hydrogen-bond acceptors (Lipinski definition) is 1. The van der Waals surface area contributed by atoms with Crippen molar-refractivity contribution < 1.29 is 5.11 Å². The summed E-state index contributed by atoms with van der Waals surface area (Å²) >= 11 is 0. The third-order valence-corrected chi connectivity index (χ3v) is 0. The summed E-state index contributed by atoms with van der Waals surface area (Å²) in [6, 6.07) is 0. The Morgan fingerprint density at radius 1 is 1.33 bits per heavy atom. The van der Waals surface area contributed by atoms with Crippen LogP contribution in [-0.2, 0) is 0 Å². The Morgan fingerprint density at radius 2 is 1.33 bits per heavy atom. The van der Waals surface area contributed by atoms with Gasteiger partial charge in [-0.25, -0.2) is 0 Å². The minimum Gasteiger partial charge on any atom is -0.394 e. The minimum atomic E-state index is -0.167. The first-order valence-corrected chi connectivity index (χ1v) is 1.41. The van der Waals surface area contributed by atoms with E-state index in [9.17, 15) is 0 Å². The predicted molar refractivity (Wildman–Crippen MR) is 28.9 cm³/mol. The molecule has 0 heterocycles. The molecule has 0 aliphatic rings. The zero-order chi connectivity index (χ0) is 3.58. The summed E-state index contributed by atoms with van der Waals surface area (Å²) in [5.74, 6) is 0. The second kappa shape index (κ2) is 9.20. The van der Waals surface area contributed by atoms with Gasteiger partial charge >= 0.3 is 0 Å². The standard InChI is InChI=1S/C3H8O.Al.Si/c1-3(2)4;;/h3-4H,1-2H3;;. The second-order valence-corrected chi connectivity index (χ2v) is 1.09. The molecule has 0 fully saturated rings. The average molecular weight is 115 g/mol. The molecule has 0 bridgehead atoms. The lowest BCUT2D eigenvalue weighted by atomic mass is 10.5. The van der Waals surface area contributed by atoms with Gasteiger partial charge < -0.3 is 5.11 Å². The molecule has 0 aromatic heterocycles. The van der Waals surface area contributed by atoms with E-state index in [4.69, 9.17) is 5.11 Å². The quantitative estimate of drug-likeness (QED) is 0.427. The first-order valence-electron chi connectivity index (χ1n) is 1.41. The van der Waals surface area contributed by atoms with Gasteiger partial charge in [-0.1, -0.05) is 0 Å². The van der Waals surface area contributed by atoms with Gasteiger partial charge in [0.15, 0.2) is 0 Å². The van der Waals surface area contributed by atoms with E-state index in [0.717, 1.165) is 0 Å². The molecular formula is C3H8AlOSi. The van der Waals surface area contributed by atoms with Gasteiger partial charge in [-0.3, -0.25) is 0 Å². The maximum atomic E-state index is 8.06. The van der Waals surface area contributed by atoms with Crippen molar-refractivity contribution in [3.8, 4) is 0 Å². The summed E-state index contributed by atoms with van der Waals surface area (Å²) in [5, 5.41) is 8.06. The first kappa shape index (κ1) is 15.9. The van der Waals surface area contributed by atoms with E-state index >= 15 is 0 Å². The van der Waals surface area contributed by atoms with Crippen molar-refractivity contribution in [1.29, 1.82) is 0 Å². The molecule has 0 aliphatic heterocycles. The van der Waals surface area contributed by atoms with Crippen LogP contribution in [0.1, 0.15) is 13.8 Å². The molecule has 0 amide bonds. The molecule has 3 heteroatoms. The Bertz CT molecular complexity index is 15.5. The summed E-state index contributed by atoms with van der Waals surface area (Å²) < 4.78 is 0. The molecule has 0 unspecified atom stereocenters. The van der Waals surface area contributed by atoms with Crippen LogP contribution in [0, 0.1) is 0 Å². The number of aliphatic hydroxyl groups is 1. The van der Waals surface area contributed by atoms with Crippen LogP contribution in [0.3, 0.4) is 0 Å². The van der Waals surface area contributed by atoms with E-state index < -0.39 is 0 Å². The second-order valence-electron chi connectivity index (χ2n) is 1.09. The van der Waals surface area contributed by atoms with E-state index in [-0.39, 0.29) is 34.4 Å². The molecule has 0 saturated carbocycles. The van der Waals surface area contributed by atoms with E-state index in [1.54, 1.807) is 13.8 Å². The Morgan fingerprint density at radius 3 is 1.33 bits per heavy atom. The van der Waals surface area contributed by atoms with Gasteiger partial charge in [-0.2, -0.15) is 0 Å². The van der Waals surface area contributed by atoms with Crippen molar-refractivity contribution in [1.82, 2.24) is 0 Å². The first-order chi connectivity index (χ1) is 1.73. The van der Waals surface area contributed by atoms with E-state index in [0.29, 0.717) is 0 Å². The van der Waals surface area contributed by atoms with Crippen LogP contribution >= 0.6 is 0 Å². The summed E-state index contributed by atoms with van der Waals surface area (Å²) in [5.41, 5.74) is 0. The number of aliphatic hydroxyl groups excluding tert-OH is 1. The Labute approximate surface area is 53.9 Å². The molecule has 0 atom stereocenters. The van der Waals surface area contributed by atoms with Crippen molar-refractivity contribution >= 4 is 28.3 Å². The summed E-state index contributed by atoms with van der Waals surface area (Å²) in [6.07, 6.45) is -0.167. The zero-order valence-electron chi connectivity index (χ0n) is 4.10. The molecule has 6 heavy (non-hydrogen) atoms. The van der Waals surface area contributed by atoms with Crippen LogP contribution in [0.25, 0.3) is 0 Å². The molecule has 0 aromatic rings. The molecule has 1 nitrogen and oxygen atoms in total.